The van der Waals surface area contributed by atoms with E-state index in [0.717, 1.165) is 16.9 Å². The highest BCUT2D eigenvalue weighted by Crippen LogP contribution is 2.18. The van der Waals surface area contributed by atoms with Crippen LogP contribution in [-0.4, -0.2) is 23.0 Å². The van der Waals surface area contributed by atoms with E-state index in [0.29, 0.717) is 23.1 Å². The summed E-state index contributed by atoms with van der Waals surface area (Å²) in [6, 6.07) is 14.8. The van der Waals surface area contributed by atoms with E-state index in [1.54, 1.807) is 19.2 Å². The van der Waals surface area contributed by atoms with Crippen LogP contribution in [0.15, 0.2) is 64.5 Å². The van der Waals surface area contributed by atoms with Crippen molar-refractivity contribution in [2.45, 2.75) is 23.9 Å². The van der Waals surface area contributed by atoms with Gasteiger partial charge in [-0.2, -0.15) is 0 Å². The molecule has 0 radical (unpaired) electrons. The minimum absolute atomic E-state index is 0.00199. The summed E-state index contributed by atoms with van der Waals surface area (Å²) in [5.74, 6) is 0.706. The van der Waals surface area contributed by atoms with Crippen molar-refractivity contribution in [1.82, 2.24) is 15.3 Å². The third-order valence-corrected chi connectivity index (χ3v) is 4.97. The molecule has 0 saturated carbocycles. The van der Waals surface area contributed by atoms with Gasteiger partial charge >= 0.3 is 0 Å². The zero-order valence-corrected chi connectivity index (χ0v) is 16.6. The Kier molecular flexibility index (Phi) is 7.02. The Balaban J connectivity index is 1.57. The smallest absolute Gasteiger partial charge is 0.251 e. The first-order valence-corrected chi connectivity index (χ1v) is 9.87. The Bertz CT molecular complexity index is 1040. The summed E-state index contributed by atoms with van der Waals surface area (Å²) in [7, 11) is 1.59. The van der Waals surface area contributed by atoms with Crippen molar-refractivity contribution in [3.63, 3.8) is 0 Å². The number of H-pyrrole nitrogens is 1. The van der Waals surface area contributed by atoms with Crippen molar-refractivity contribution in [3.05, 3.63) is 87.6 Å². The van der Waals surface area contributed by atoms with Crippen molar-refractivity contribution < 1.29 is 13.9 Å². The number of halogens is 1. The quantitative estimate of drug-likeness (QED) is 0.438. The largest absolute Gasteiger partial charge is 0.497 e. The minimum atomic E-state index is -0.322. The fraction of sp³-hybridized carbons (Fsp3) is 0.190. The second-order valence-corrected chi connectivity index (χ2v) is 7.23. The van der Waals surface area contributed by atoms with Gasteiger partial charge in [0.05, 0.1) is 19.2 Å². The number of hydrogen-bond acceptors (Lipinski definition) is 5. The number of nitrogens with zero attached hydrogens (tertiary/aromatic N) is 1. The SMILES string of the molecule is COc1cccc(CNC(=O)Cc2cc(=O)[nH]c(SCc3ccc(F)cc3)n2)c1. The van der Waals surface area contributed by atoms with Crippen LogP contribution < -0.4 is 15.6 Å². The van der Waals surface area contributed by atoms with Gasteiger partial charge in [0.15, 0.2) is 5.16 Å². The Morgan fingerprint density at radius 2 is 1.97 bits per heavy atom. The lowest BCUT2D eigenvalue weighted by atomic mass is 10.2. The first-order valence-electron chi connectivity index (χ1n) is 8.89. The summed E-state index contributed by atoms with van der Waals surface area (Å²) in [6.07, 6.45) is -0.00199. The minimum Gasteiger partial charge on any atom is -0.497 e. The van der Waals surface area contributed by atoms with Crippen LogP contribution in [0.1, 0.15) is 16.8 Å². The number of aromatic amines is 1. The van der Waals surface area contributed by atoms with E-state index in [4.69, 9.17) is 4.74 Å². The molecule has 3 aromatic rings. The average molecular weight is 413 g/mol. The van der Waals surface area contributed by atoms with Gasteiger partial charge in [0.25, 0.3) is 5.56 Å². The van der Waals surface area contributed by atoms with Gasteiger partial charge in [-0.25, -0.2) is 9.37 Å². The average Bonchev–Trinajstić information content (AvgIpc) is 2.71. The predicted molar refractivity (Wildman–Crippen MR) is 109 cm³/mol. The van der Waals surface area contributed by atoms with E-state index in [1.165, 1.54) is 30.0 Å². The van der Waals surface area contributed by atoms with Gasteiger partial charge in [-0.05, 0) is 35.4 Å². The maximum Gasteiger partial charge on any atom is 0.251 e. The molecular formula is C21H20FN3O3S. The third-order valence-electron chi connectivity index (χ3n) is 4.03. The summed E-state index contributed by atoms with van der Waals surface area (Å²) in [5, 5.41) is 3.23. The molecular weight excluding hydrogens is 393 g/mol. The van der Waals surface area contributed by atoms with Crippen LogP contribution in [0, 0.1) is 5.82 Å². The molecule has 1 amide bonds. The summed E-state index contributed by atoms with van der Waals surface area (Å²) in [4.78, 5) is 31.1. The number of carbonyl (C=O) groups is 1. The second-order valence-electron chi connectivity index (χ2n) is 6.26. The molecule has 0 aliphatic carbocycles. The van der Waals surface area contributed by atoms with E-state index in [9.17, 15) is 14.0 Å². The summed E-state index contributed by atoms with van der Waals surface area (Å²) < 4.78 is 18.1. The summed E-state index contributed by atoms with van der Waals surface area (Å²) in [6.45, 7) is 0.353. The fourth-order valence-corrected chi connectivity index (χ4v) is 3.44. The van der Waals surface area contributed by atoms with E-state index < -0.39 is 0 Å². The number of ether oxygens (including phenoxy) is 1. The van der Waals surface area contributed by atoms with Gasteiger partial charge in [-0.3, -0.25) is 9.59 Å². The number of amides is 1. The molecule has 29 heavy (non-hydrogen) atoms. The maximum atomic E-state index is 13.0. The van der Waals surface area contributed by atoms with Crippen molar-refractivity contribution >= 4 is 17.7 Å². The van der Waals surface area contributed by atoms with Crippen LogP contribution in [0.2, 0.25) is 0 Å². The van der Waals surface area contributed by atoms with Gasteiger partial charge in [0, 0.05) is 18.4 Å². The first kappa shape index (κ1) is 20.6. The first-order chi connectivity index (χ1) is 14.0. The number of carbonyl (C=O) groups excluding carboxylic acids is 1. The van der Waals surface area contributed by atoms with Crippen molar-refractivity contribution in [1.29, 1.82) is 0 Å². The molecule has 0 unspecified atom stereocenters. The molecule has 1 aromatic heterocycles. The van der Waals surface area contributed by atoms with E-state index in [-0.39, 0.29) is 23.7 Å². The Hall–Kier alpha value is -3.13. The molecule has 0 saturated heterocycles. The third kappa shape index (κ3) is 6.46. The Morgan fingerprint density at radius 3 is 2.72 bits per heavy atom. The molecule has 0 spiro atoms. The highest BCUT2D eigenvalue weighted by molar-refractivity contribution is 7.98. The molecule has 2 aromatic carbocycles. The molecule has 3 rings (SSSR count). The number of aromatic nitrogens is 2. The normalized spacial score (nSPS) is 10.6. The standard InChI is InChI=1S/C21H20FN3O3S/c1-28-18-4-2-3-15(9-18)12-23-19(26)10-17-11-20(27)25-21(24-17)29-13-14-5-7-16(22)8-6-14/h2-9,11H,10,12-13H2,1H3,(H,23,26)(H,24,25,27). The molecule has 0 aliphatic heterocycles. The van der Waals surface area contributed by atoms with Crippen LogP contribution in [0.3, 0.4) is 0 Å². The highest BCUT2D eigenvalue weighted by Gasteiger charge is 2.09. The molecule has 0 aliphatic rings. The van der Waals surface area contributed by atoms with Crippen molar-refractivity contribution in [2.24, 2.45) is 0 Å². The van der Waals surface area contributed by atoms with Crippen molar-refractivity contribution in [3.8, 4) is 5.75 Å². The maximum absolute atomic E-state index is 13.0. The fourth-order valence-electron chi connectivity index (χ4n) is 2.58. The number of methoxy groups -OCH3 is 1. The molecule has 0 atom stereocenters. The van der Waals surface area contributed by atoms with E-state index in [1.807, 2.05) is 24.3 Å². The lowest BCUT2D eigenvalue weighted by Gasteiger charge is -2.07. The van der Waals surface area contributed by atoms with Gasteiger partial charge in [-0.1, -0.05) is 36.0 Å². The topological polar surface area (TPSA) is 84.1 Å². The van der Waals surface area contributed by atoms with Crippen LogP contribution in [0.4, 0.5) is 4.39 Å². The van der Waals surface area contributed by atoms with E-state index in [2.05, 4.69) is 15.3 Å². The second kappa shape index (κ2) is 9.88. The van der Waals surface area contributed by atoms with Gasteiger partial charge in [0.2, 0.25) is 5.91 Å². The van der Waals surface area contributed by atoms with Gasteiger partial charge < -0.3 is 15.0 Å². The monoisotopic (exact) mass is 413 g/mol. The Labute approximate surface area is 171 Å². The lowest BCUT2D eigenvalue weighted by molar-refractivity contribution is -0.120. The van der Waals surface area contributed by atoms with Crippen LogP contribution >= 0.6 is 11.8 Å². The highest BCUT2D eigenvalue weighted by atomic mass is 32.2. The van der Waals surface area contributed by atoms with Crippen LogP contribution in [0.5, 0.6) is 5.75 Å². The van der Waals surface area contributed by atoms with Gasteiger partial charge in [0.1, 0.15) is 11.6 Å². The summed E-state index contributed by atoms with van der Waals surface area (Å²) >= 11 is 1.31. The zero-order valence-electron chi connectivity index (χ0n) is 15.8. The molecule has 150 valence electrons. The predicted octanol–water partition coefficient (Wildman–Crippen LogP) is 3.07. The molecule has 8 heteroatoms. The van der Waals surface area contributed by atoms with Crippen molar-refractivity contribution in [2.75, 3.05) is 7.11 Å². The number of benzene rings is 2. The molecule has 0 bridgehead atoms. The Morgan fingerprint density at radius 1 is 1.17 bits per heavy atom. The molecule has 6 nitrogen and oxygen atoms in total. The molecule has 2 N–H and O–H groups in total. The van der Waals surface area contributed by atoms with E-state index >= 15 is 0 Å². The van der Waals surface area contributed by atoms with Crippen LogP contribution in [-0.2, 0) is 23.5 Å². The molecule has 0 fully saturated rings. The number of rotatable bonds is 8. The number of thioether (sulfide) groups is 1. The lowest BCUT2D eigenvalue weighted by Crippen LogP contribution is -2.25. The number of nitrogens with one attached hydrogen (secondary N) is 2. The number of hydrogen-bond donors (Lipinski definition) is 2. The summed E-state index contributed by atoms with van der Waals surface area (Å²) in [5.41, 5.74) is 1.88. The zero-order chi connectivity index (χ0) is 20.6. The van der Waals surface area contributed by atoms with Crippen LogP contribution in [0.25, 0.3) is 0 Å². The van der Waals surface area contributed by atoms with Gasteiger partial charge in [-0.15, -0.1) is 0 Å². The molecule has 1 heterocycles.